The zero-order valence-corrected chi connectivity index (χ0v) is 8.01. The number of ether oxygens (including phenoxy) is 1. The van der Waals surface area contributed by atoms with E-state index < -0.39 is 0 Å². The molecule has 2 heteroatoms. The Balaban J connectivity index is 3.19. The Kier molecular flexibility index (Phi) is 7.76. The van der Waals surface area contributed by atoms with Crippen LogP contribution in [0.5, 0.6) is 0 Å². The predicted octanol–water partition coefficient (Wildman–Crippen LogP) is 2.69. The molecule has 2 nitrogen and oxygen atoms in total. The molecule has 0 saturated heterocycles. The molecule has 0 unspecified atom stereocenters. The molecule has 0 saturated carbocycles. The number of esters is 1. The largest absolute Gasteiger partial charge is 0.466 e. The topological polar surface area (TPSA) is 26.3 Å². The van der Waals surface area contributed by atoms with Crippen molar-refractivity contribution < 1.29 is 9.53 Å². The predicted molar refractivity (Wildman–Crippen MR) is 49.9 cm³/mol. The van der Waals surface area contributed by atoms with Crippen LogP contribution < -0.4 is 0 Å². The lowest BCUT2D eigenvalue weighted by Crippen LogP contribution is -2.02. The van der Waals surface area contributed by atoms with Gasteiger partial charge in [-0.15, -0.1) is 0 Å². The van der Waals surface area contributed by atoms with E-state index in [2.05, 4.69) is 19.1 Å². The molecular weight excluding hydrogens is 152 g/mol. The van der Waals surface area contributed by atoms with Gasteiger partial charge in [-0.1, -0.05) is 19.1 Å². The van der Waals surface area contributed by atoms with Crippen molar-refractivity contribution in [2.75, 3.05) is 6.61 Å². The van der Waals surface area contributed by atoms with Gasteiger partial charge in [-0.05, 0) is 26.2 Å². The minimum absolute atomic E-state index is 0.0811. The van der Waals surface area contributed by atoms with E-state index >= 15 is 0 Å². The molecule has 0 aliphatic rings. The first-order valence-corrected chi connectivity index (χ1v) is 4.61. The van der Waals surface area contributed by atoms with Gasteiger partial charge >= 0.3 is 5.97 Å². The van der Waals surface area contributed by atoms with Gasteiger partial charge in [-0.2, -0.15) is 0 Å². The number of carbonyl (C=O) groups is 1. The molecule has 0 rings (SSSR count). The normalized spacial score (nSPS) is 10.5. The average Bonchev–Trinajstić information content (AvgIpc) is 2.05. The van der Waals surface area contributed by atoms with E-state index in [9.17, 15) is 4.79 Å². The molecule has 0 aliphatic carbocycles. The summed E-state index contributed by atoms with van der Waals surface area (Å²) in [5.74, 6) is -0.0811. The second-order valence-corrected chi connectivity index (χ2v) is 2.58. The Morgan fingerprint density at radius 2 is 2.08 bits per heavy atom. The second kappa shape index (κ2) is 8.31. The number of hydrogen-bond acceptors (Lipinski definition) is 2. The standard InChI is InChI=1S/C10H18O2/c1-3-5-6-7-8-9-10(11)12-4-2/h5-6H,3-4,7-9H2,1-2H3/b6-5+. The molecular formula is C10H18O2. The lowest BCUT2D eigenvalue weighted by atomic mass is 10.2. The molecule has 0 aromatic rings. The van der Waals surface area contributed by atoms with Gasteiger partial charge < -0.3 is 4.74 Å². The summed E-state index contributed by atoms with van der Waals surface area (Å²) in [6.07, 6.45) is 7.72. The van der Waals surface area contributed by atoms with Gasteiger partial charge in [0.1, 0.15) is 0 Å². The maximum Gasteiger partial charge on any atom is 0.305 e. The van der Waals surface area contributed by atoms with E-state index in [0.717, 1.165) is 19.3 Å². The van der Waals surface area contributed by atoms with Crippen molar-refractivity contribution in [3.05, 3.63) is 12.2 Å². The van der Waals surface area contributed by atoms with Crippen LogP contribution in [0.1, 0.15) is 39.5 Å². The molecule has 0 aromatic carbocycles. The quantitative estimate of drug-likeness (QED) is 0.348. The van der Waals surface area contributed by atoms with E-state index in [1.165, 1.54) is 0 Å². The number of rotatable bonds is 6. The van der Waals surface area contributed by atoms with Gasteiger partial charge in [0.05, 0.1) is 6.61 Å². The first-order chi connectivity index (χ1) is 5.81. The molecule has 0 amide bonds. The lowest BCUT2D eigenvalue weighted by molar-refractivity contribution is -0.143. The third-order valence-corrected chi connectivity index (χ3v) is 1.46. The summed E-state index contributed by atoms with van der Waals surface area (Å²) in [5, 5.41) is 0. The van der Waals surface area contributed by atoms with Crippen LogP contribution in [-0.4, -0.2) is 12.6 Å². The smallest absolute Gasteiger partial charge is 0.305 e. The van der Waals surface area contributed by atoms with Crippen LogP contribution in [0.3, 0.4) is 0 Å². The molecule has 0 N–H and O–H groups in total. The number of hydrogen-bond donors (Lipinski definition) is 0. The van der Waals surface area contributed by atoms with Crippen molar-refractivity contribution in [1.29, 1.82) is 0 Å². The Morgan fingerprint density at radius 3 is 2.67 bits per heavy atom. The Morgan fingerprint density at radius 1 is 1.33 bits per heavy atom. The number of carbonyl (C=O) groups excluding carboxylic acids is 1. The van der Waals surface area contributed by atoms with E-state index in [1.54, 1.807) is 0 Å². The Hall–Kier alpha value is -0.790. The van der Waals surface area contributed by atoms with E-state index in [4.69, 9.17) is 4.74 Å². The summed E-state index contributed by atoms with van der Waals surface area (Å²) in [6, 6.07) is 0. The van der Waals surface area contributed by atoms with E-state index in [0.29, 0.717) is 13.0 Å². The van der Waals surface area contributed by atoms with Crippen LogP contribution in [0.2, 0.25) is 0 Å². The average molecular weight is 170 g/mol. The minimum Gasteiger partial charge on any atom is -0.466 e. The molecule has 12 heavy (non-hydrogen) atoms. The van der Waals surface area contributed by atoms with Crippen LogP contribution in [0, 0.1) is 0 Å². The van der Waals surface area contributed by atoms with Gasteiger partial charge in [-0.3, -0.25) is 4.79 Å². The molecule has 0 fully saturated rings. The first-order valence-electron chi connectivity index (χ1n) is 4.61. The van der Waals surface area contributed by atoms with Crippen LogP contribution >= 0.6 is 0 Å². The van der Waals surface area contributed by atoms with E-state index in [1.807, 2.05) is 6.92 Å². The highest BCUT2D eigenvalue weighted by atomic mass is 16.5. The third-order valence-electron chi connectivity index (χ3n) is 1.46. The minimum atomic E-state index is -0.0811. The molecule has 70 valence electrons. The van der Waals surface area contributed by atoms with Crippen LogP contribution in [-0.2, 0) is 9.53 Å². The highest BCUT2D eigenvalue weighted by Gasteiger charge is 1.98. The van der Waals surface area contributed by atoms with Crippen molar-refractivity contribution >= 4 is 5.97 Å². The zero-order valence-electron chi connectivity index (χ0n) is 8.01. The summed E-state index contributed by atoms with van der Waals surface area (Å²) < 4.78 is 4.79. The van der Waals surface area contributed by atoms with E-state index in [-0.39, 0.29) is 5.97 Å². The zero-order chi connectivity index (χ0) is 9.23. The fourth-order valence-electron chi connectivity index (χ4n) is 0.882. The monoisotopic (exact) mass is 170 g/mol. The molecule has 0 bridgehead atoms. The van der Waals surface area contributed by atoms with Crippen molar-refractivity contribution in [2.45, 2.75) is 39.5 Å². The van der Waals surface area contributed by atoms with Gasteiger partial charge in [0.15, 0.2) is 0 Å². The van der Waals surface area contributed by atoms with Crippen molar-refractivity contribution in [3.8, 4) is 0 Å². The summed E-state index contributed by atoms with van der Waals surface area (Å²) >= 11 is 0. The van der Waals surface area contributed by atoms with Crippen molar-refractivity contribution in [2.24, 2.45) is 0 Å². The molecule has 0 atom stereocenters. The molecule has 0 heterocycles. The Bertz CT molecular complexity index is 139. The molecule has 0 aromatic heterocycles. The fourth-order valence-corrected chi connectivity index (χ4v) is 0.882. The van der Waals surface area contributed by atoms with Crippen molar-refractivity contribution in [1.82, 2.24) is 0 Å². The maximum absolute atomic E-state index is 10.8. The van der Waals surface area contributed by atoms with Crippen molar-refractivity contribution in [3.63, 3.8) is 0 Å². The fraction of sp³-hybridized carbons (Fsp3) is 0.700. The van der Waals surface area contributed by atoms with Gasteiger partial charge in [0.25, 0.3) is 0 Å². The summed E-state index contributed by atoms with van der Waals surface area (Å²) in [7, 11) is 0. The van der Waals surface area contributed by atoms with Gasteiger partial charge in [0.2, 0.25) is 0 Å². The second-order valence-electron chi connectivity index (χ2n) is 2.58. The van der Waals surface area contributed by atoms with Gasteiger partial charge in [-0.25, -0.2) is 0 Å². The Labute approximate surface area is 74.6 Å². The summed E-state index contributed by atoms with van der Waals surface area (Å²) in [5.41, 5.74) is 0. The molecule has 0 spiro atoms. The van der Waals surface area contributed by atoms with Crippen LogP contribution in [0.4, 0.5) is 0 Å². The maximum atomic E-state index is 10.8. The SMILES string of the molecule is CC/C=C/CCCC(=O)OCC. The lowest BCUT2D eigenvalue weighted by Gasteiger charge is -1.98. The first kappa shape index (κ1) is 11.2. The third kappa shape index (κ3) is 7.32. The number of unbranched alkanes of at least 4 members (excludes halogenated alkanes) is 1. The summed E-state index contributed by atoms with van der Waals surface area (Å²) in [4.78, 5) is 10.8. The van der Waals surface area contributed by atoms with Crippen LogP contribution in [0.25, 0.3) is 0 Å². The van der Waals surface area contributed by atoms with Gasteiger partial charge in [0, 0.05) is 6.42 Å². The molecule has 0 aliphatic heterocycles. The highest BCUT2D eigenvalue weighted by Crippen LogP contribution is 1.99. The molecule has 0 radical (unpaired) electrons. The van der Waals surface area contributed by atoms with Crippen LogP contribution in [0.15, 0.2) is 12.2 Å². The highest BCUT2D eigenvalue weighted by molar-refractivity contribution is 5.69. The summed E-state index contributed by atoms with van der Waals surface area (Å²) in [6.45, 7) is 4.42. The number of allylic oxidation sites excluding steroid dienone is 2.